The summed E-state index contributed by atoms with van der Waals surface area (Å²) in [7, 11) is 1.46. The van der Waals surface area contributed by atoms with E-state index >= 15 is 0 Å². The van der Waals surface area contributed by atoms with Gasteiger partial charge < -0.3 is 10.6 Å². The third kappa shape index (κ3) is 2.69. The van der Waals surface area contributed by atoms with Gasteiger partial charge in [0, 0.05) is 20.0 Å². The van der Waals surface area contributed by atoms with Crippen LogP contribution in [0.4, 0.5) is 0 Å². The molecule has 0 bridgehead atoms. The first-order valence-electron chi connectivity index (χ1n) is 6.41. The summed E-state index contributed by atoms with van der Waals surface area (Å²) < 4.78 is 0. The van der Waals surface area contributed by atoms with E-state index in [4.69, 9.17) is 0 Å². The number of likely N-dealkylation sites (N-methyl/N-ethyl adjacent to an activating group) is 1. The van der Waals surface area contributed by atoms with Crippen molar-refractivity contribution in [1.82, 2.24) is 15.5 Å². The largest absolute Gasteiger partial charge is 0.344 e. The Morgan fingerprint density at radius 3 is 2.83 bits per heavy atom. The van der Waals surface area contributed by atoms with Crippen LogP contribution in [0.2, 0.25) is 0 Å². The number of amides is 3. The molecule has 0 saturated carbocycles. The van der Waals surface area contributed by atoms with Crippen LogP contribution in [-0.4, -0.2) is 48.8 Å². The number of likely N-dealkylation sites (tertiary alicyclic amines) is 1. The molecule has 2 heterocycles. The summed E-state index contributed by atoms with van der Waals surface area (Å²) in [5.74, 6) is -0.619. The molecule has 100 valence electrons. The summed E-state index contributed by atoms with van der Waals surface area (Å²) >= 11 is 0. The van der Waals surface area contributed by atoms with Gasteiger partial charge in [0.1, 0.15) is 6.04 Å². The number of nitrogens with zero attached hydrogens (tertiary/aromatic N) is 1. The summed E-state index contributed by atoms with van der Waals surface area (Å²) in [6, 6.07) is -0.540. The number of carbonyl (C=O) groups is 3. The zero-order valence-corrected chi connectivity index (χ0v) is 10.6. The van der Waals surface area contributed by atoms with Crippen LogP contribution in [0.15, 0.2) is 0 Å². The lowest BCUT2D eigenvalue weighted by atomic mass is 9.97. The summed E-state index contributed by atoms with van der Waals surface area (Å²) in [6.07, 6.45) is 2.56. The molecule has 0 aromatic rings. The second kappa shape index (κ2) is 5.48. The third-order valence-electron chi connectivity index (χ3n) is 3.63. The fourth-order valence-corrected chi connectivity index (χ4v) is 2.41. The van der Waals surface area contributed by atoms with E-state index in [1.165, 1.54) is 7.05 Å². The molecule has 3 amide bonds. The van der Waals surface area contributed by atoms with E-state index in [1.54, 1.807) is 0 Å². The van der Waals surface area contributed by atoms with E-state index in [9.17, 15) is 14.4 Å². The second-order valence-electron chi connectivity index (χ2n) is 4.93. The van der Waals surface area contributed by atoms with Gasteiger partial charge in [-0.15, -0.1) is 0 Å². The van der Waals surface area contributed by atoms with E-state index in [-0.39, 0.29) is 23.6 Å². The second-order valence-corrected chi connectivity index (χ2v) is 4.93. The van der Waals surface area contributed by atoms with Crippen molar-refractivity contribution in [2.45, 2.75) is 31.7 Å². The van der Waals surface area contributed by atoms with Crippen LogP contribution in [0, 0.1) is 5.92 Å². The van der Waals surface area contributed by atoms with Crippen LogP contribution in [0.1, 0.15) is 25.7 Å². The molecule has 2 atom stereocenters. The number of hydrogen-bond donors (Lipinski definition) is 2. The molecule has 0 spiro atoms. The Balaban J connectivity index is 1.90. The smallest absolute Gasteiger partial charge is 0.251 e. The van der Waals surface area contributed by atoms with Gasteiger partial charge in [-0.1, -0.05) is 0 Å². The van der Waals surface area contributed by atoms with Crippen LogP contribution in [0.5, 0.6) is 0 Å². The number of hydrogen-bond acceptors (Lipinski definition) is 4. The van der Waals surface area contributed by atoms with Crippen molar-refractivity contribution in [1.29, 1.82) is 0 Å². The van der Waals surface area contributed by atoms with Crippen molar-refractivity contribution in [2.24, 2.45) is 5.92 Å². The lowest BCUT2D eigenvalue weighted by Crippen LogP contribution is -2.54. The van der Waals surface area contributed by atoms with E-state index in [0.717, 1.165) is 24.3 Å². The number of nitrogens with one attached hydrogen (secondary N) is 2. The van der Waals surface area contributed by atoms with Crippen molar-refractivity contribution in [3.05, 3.63) is 0 Å². The SMILES string of the molecule is CN1C(=O)CCC(NC(=O)C2CCCNC2)C1=O. The van der Waals surface area contributed by atoms with Gasteiger partial charge in [0.25, 0.3) is 5.91 Å². The Bertz CT molecular complexity index is 364. The van der Waals surface area contributed by atoms with Crippen molar-refractivity contribution < 1.29 is 14.4 Å². The molecule has 6 nitrogen and oxygen atoms in total. The lowest BCUT2D eigenvalue weighted by Gasteiger charge is -2.30. The average Bonchev–Trinajstić information content (AvgIpc) is 2.40. The molecule has 2 aliphatic heterocycles. The minimum Gasteiger partial charge on any atom is -0.344 e. The van der Waals surface area contributed by atoms with Crippen LogP contribution in [0.25, 0.3) is 0 Å². The quantitative estimate of drug-likeness (QED) is 0.635. The number of imide groups is 1. The zero-order valence-electron chi connectivity index (χ0n) is 10.6. The molecule has 0 aromatic heterocycles. The number of piperidine rings is 2. The first kappa shape index (κ1) is 13.0. The Labute approximate surface area is 106 Å². The van der Waals surface area contributed by atoms with Gasteiger partial charge in [-0.3, -0.25) is 19.3 Å². The molecule has 0 radical (unpaired) electrons. The highest BCUT2D eigenvalue weighted by Crippen LogP contribution is 2.14. The topological polar surface area (TPSA) is 78.5 Å². The highest BCUT2D eigenvalue weighted by Gasteiger charge is 2.34. The van der Waals surface area contributed by atoms with E-state index in [2.05, 4.69) is 10.6 Å². The molecular weight excluding hydrogens is 234 g/mol. The maximum Gasteiger partial charge on any atom is 0.251 e. The Morgan fingerprint density at radius 2 is 2.17 bits per heavy atom. The molecule has 0 aromatic carbocycles. The van der Waals surface area contributed by atoms with Gasteiger partial charge in [0.2, 0.25) is 11.8 Å². The fraction of sp³-hybridized carbons (Fsp3) is 0.750. The predicted octanol–water partition coefficient (Wildman–Crippen LogP) is -0.750. The predicted molar refractivity (Wildman–Crippen MR) is 64.5 cm³/mol. The summed E-state index contributed by atoms with van der Waals surface area (Å²) in [5, 5.41) is 5.94. The standard InChI is InChI=1S/C12H19N3O3/c1-15-10(16)5-4-9(12(15)18)14-11(17)8-3-2-6-13-7-8/h8-9,13H,2-7H2,1H3,(H,14,17). The molecule has 2 aliphatic rings. The average molecular weight is 253 g/mol. The highest BCUT2D eigenvalue weighted by atomic mass is 16.2. The van der Waals surface area contributed by atoms with Gasteiger partial charge in [0.05, 0.1) is 5.92 Å². The molecule has 2 fully saturated rings. The summed E-state index contributed by atoms with van der Waals surface area (Å²) in [5.41, 5.74) is 0. The lowest BCUT2D eigenvalue weighted by molar-refractivity contribution is -0.149. The monoisotopic (exact) mass is 253 g/mol. The van der Waals surface area contributed by atoms with Gasteiger partial charge >= 0.3 is 0 Å². The normalized spacial score (nSPS) is 29.3. The number of rotatable bonds is 2. The van der Waals surface area contributed by atoms with E-state index in [0.29, 0.717) is 19.4 Å². The Kier molecular flexibility index (Phi) is 3.96. The van der Waals surface area contributed by atoms with Crippen molar-refractivity contribution >= 4 is 17.7 Å². The molecule has 0 aliphatic carbocycles. The van der Waals surface area contributed by atoms with Crippen molar-refractivity contribution in [3.63, 3.8) is 0 Å². The van der Waals surface area contributed by atoms with Gasteiger partial charge in [-0.2, -0.15) is 0 Å². The molecule has 6 heteroatoms. The number of carbonyl (C=O) groups excluding carboxylic acids is 3. The maximum atomic E-state index is 12.0. The molecule has 2 unspecified atom stereocenters. The van der Waals surface area contributed by atoms with Crippen LogP contribution in [-0.2, 0) is 14.4 Å². The molecule has 2 N–H and O–H groups in total. The van der Waals surface area contributed by atoms with Gasteiger partial charge in [-0.25, -0.2) is 0 Å². The third-order valence-corrected chi connectivity index (χ3v) is 3.63. The maximum absolute atomic E-state index is 12.0. The molecule has 2 saturated heterocycles. The molecular formula is C12H19N3O3. The fourth-order valence-electron chi connectivity index (χ4n) is 2.41. The summed E-state index contributed by atoms with van der Waals surface area (Å²) in [4.78, 5) is 36.2. The first-order chi connectivity index (χ1) is 8.59. The van der Waals surface area contributed by atoms with E-state index < -0.39 is 6.04 Å². The minimum absolute atomic E-state index is 0.0607. The zero-order chi connectivity index (χ0) is 13.1. The highest BCUT2D eigenvalue weighted by molar-refractivity contribution is 6.01. The van der Waals surface area contributed by atoms with Crippen LogP contribution >= 0.6 is 0 Å². The molecule has 2 rings (SSSR count). The van der Waals surface area contributed by atoms with Crippen LogP contribution in [0.3, 0.4) is 0 Å². The first-order valence-corrected chi connectivity index (χ1v) is 6.41. The van der Waals surface area contributed by atoms with Crippen LogP contribution < -0.4 is 10.6 Å². The minimum atomic E-state index is -0.540. The van der Waals surface area contributed by atoms with Crippen molar-refractivity contribution in [3.8, 4) is 0 Å². The Morgan fingerprint density at radius 1 is 1.39 bits per heavy atom. The summed E-state index contributed by atoms with van der Waals surface area (Å²) in [6.45, 7) is 1.62. The van der Waals surface area contributed by atoms with Gasteiger partial charge in [-0.05, 0) is 25.8 Å². The Hall–Kier alpha value is -1.43. The van der Waals surface area contributed by atoms with E-state index in [1.807, 2.05) is 0 Å². The van der Waals surface area contributed by atoms with Crippen molar-refractivity contribution in [2.75, 3.05) is 20.1 Å². The van der Waals surface area contributed by atoms with Gasteiger partial charge in [0.15, 0.2) is 0 Å². The molecule has 18 heavy (non-hydrogen) atoms.